The molecule has 0 N–H and O–H groups in total. The molecule has 3 aliphatic rings. The Morgan fingerprint density at radius 1 is 0.400 bits per heavy atom. The van der Waals surface area contributed by atoms with Crippen LogP contribution in [0.15, 0.2) is 210 Å². The zero-order chi connectivity index (χ0) is 43.9. The molecule has 3 heterocycles. The molecule has 0 spiro atoms. The van der Waals surface area contributed by atoms with Crippen LogP contribution in [-0.4, -0.2) is 8.07 Å². The first kappa shape index (κ1) is 39.3. The Kier molecular flexibility index (Phi) is 9.20. The first-order valence-electron chi connectivity index (χ1n) is 22.2. The van der Waals surface area contributed by atoms with Gasteiger partial charge in [0, 0.05) is 44.7 Å². The summed E-state index contributed by atoms with van der Waals surface area (Å²) in [6, 6.07) is 71.4. The van der Waals surface area contributed by atoms with Gasteiger partial charge in [-0.25, -0.2) is 0 Å². The van der Waals surface area contributed by atoms with Gasteiger partial charge in [0.05, 0.1) is 9.79 Å². The van der Waals surface area contributed by atoms with Crippen molar-refractivity contribution >= 4 is 47.3 Å². The van der Waals surface area contributed by atoms with Crippen LogP contribution in [0.4, 0.5) is 17.1 Å². The average Bonchev–Trinajstić information content (AvgIpc) is 3.34. The van der Waals surface area contributed by atoms with E-state index in [4.69, 9.17) is 14.2 Å². The number of hydrogen-bond donors (Lipinski definition) is 0. The molecule has 12 rings (SSSR count). The molecule has 6 heteroatoms. The largest absolute Gasteiger partial charge is 0.457 e. The highest BCUT2D eigenvalue weighted by atomic mass is 32.2. The van der Waals surface area contributed by atoms with Crippen LogP contribution in [0.5, 0.6) is 34.5 Å². The summed E-state index contributed by atoms with van der Waals surface area (Å²) >= 11 is 1.77. The number of nitrogens with zero attached hydrogens (tertiary/aromatic N) is 1. The molecule has 9 aromatic carbocycles. The molecule has 4 nitrogen and oxygen atoms in total. The lowest BCUT2D eigenvalue weighted by molar-refractivity contribution is 0.419. The molecule has 0 fully saturated rings. The van der Waals surface area contributed by atoms with Crippen molar-refractivity contribution in [3.63, 3.8) is 0 Å². The molecule has 0 amide bonds. The van der Waals surface area contributed by atoms with Gasteiger partial charge in [-0.05, 0) is 99.4 Å². The van der Waals surface area contributed by atoms with Crippen LogP contribution in [0.3, 0.4) is 0 Å². The minimum Gasteiger partial charge on any atom is -0.457 e. The molecular formula is C59H45NO3SSi. The van der Waals surface area contributed by atoms with Gasteiger partial charge in [-0.1, -0.05) is 172 Å². The van der Waals surface area contributed by atoms with E-state index in [1.165, 1.54) is 21.5 Å². The van der Waals surface area contributed by atoms with E-state index in [1.54, 1.807) is 11.8 Å². The first-order valence-corrected chi connectivity index (χ1v) is 26.0. The fourth-order valence-electron chi connectivity index (χ4n) is 9.98. The minimum absolute atomic E-state index is 0.196. The van der Waals surface area contributed by atoms with E-state index < -0.39 is 8.07 Å². The van der Waals surface area contributed by atoms with E-state index >= 15 is 0 Å². The Balaban J connectivity index is 0.927. The van der Waals surface area contributed by atoms with E-state index in [0.29, 0.717) is 0 Å². The van der Waals surface area contributed by atoms with Gasteiger partial charge in [0.25, 0.3) is 0 Å². The van der Waals surface area contributed by atoms with Crippen molar-refractivity contribution in [2.45, 2.75) is 42.1 Å². The molecule has 9 aromatic rings. The van der Waals surface area contributed by atoms with Gasteiger partial charge in [0.1, 0.15) is 42.6 Å². The number of benzene rings is 9. The van der Waals surface area contributed by atoms with Gasteiger partial charge < -0.3 is 19.1 Å². The summed E-state index contributed by atoms with van der Waals surface area (Å²) in [4.78, 5) is 4.59. The standard InChI is InChI=1S/C59H45NO3SSi/c1-59(2)47-17-5-6-19-49(47)62-56-44(14-11-18-48(56)59)38-26-32-41(33-27-38)60(43-36-30-40(31-37-43)46-16-12-22-52-58(46)64-53-23-9-7-20-50(53)61-52)42-34-28-39(29-35-42)45-15-13-25-55-57(45)63-51-21-8-10-24-54(51)65(55,3)4/h5-37H,1-4H3. The van der Waals surface area contributed by atoms with Crippen molar-refractivity contribution < 1.29 is 14.2 Å². The molecule has 314 valence electrons. The van der Waals surface area contributed by atoms with Crippen LogP contribution >= 0.6 is 11.8 Å². The summed E-state index contributed by atoms with van der Waals surface area (Å²) in [7, 11) is -1.98. The summed E-state index contributed by atoms with van der Waals surface area (Å²) < 4.78 is 19.8. The van der Waals surface area contributed by atoms with Crippen molar-refractivity contribution in [3.05, 3.63) is 211 Å². The van der Waals surface area contributed by atoms with Crippen LogP contribution < -0.4 is 29.5 Å². The quantitative estimate of drug-likeness (QED) is 0.155. The Bertz CT molecular complexity index is 3170. The summed E-state index contributed by atoms with van der Waals surface area (Å²) in [6.45, 7) is 9.42. The first-order chi connectivity index (χ1) is 31.7. The molecule has 0 bridgehead atoms. The third-order valence-electron chi connectivity index (χ3n) is 13.5. The Labute approximate surface area is 385 Å². The maximum Gasteiger partial charge on any atom is 0.142 e. The maximum atomic E-state index is 6.73. The van der Waals surface area contributed by atoms with E-state index in [1.807, 2.05) is 18.2 Å². The highest BCUT2D eigenvalue weighted by Crippen LogP contribution is 2.53. The molecule has 65 heavy (non-hydrogen) atoms. The van der Waals surface area contributed by atoms with Gasteiger partial charge in [-0.2, -0.15) is 0 Å². The minimum atomic E-state index is -1.98. The fraction of sp³-hybridized carbons (Fsp3) is 0.0847. The molecule has 0 saturated heterocycles. The van der Waals surface area contributed by atoms with Crippen molar-refractivity contribution in [3.8, 4) is 67.9 Å². The number of hydrogen-bond acceptors (Lipinski definition) is 5. The number of ether oxygens (including phenoxy) is 3. The second-order valence-corrected chi connectivity index (χ2v) is 23.5. The normalized spacial score (nSPS) is 14.4. The summed E-state index contributed by atoms with van der Waals surface area (Å²) in [5, 5.41) is 2.66. The van der Waals surface area contributed by atoms with Crippen LogP contribution in [0.1, 0.15) is 25.0 Å². The predicted molar refractivity (Wildman–Crippen MR) is 270 cm³/mol. The lowest BCUT2D eigenvalue weighted by Crippen LogP contribution is -2.56. The number of fused-ring (bicyclic) bond motifs is 6. The predicted octanol–water partition coefficient (Wildman–Crippen LogP) is 15.8. The molecule has 3 aliphatic heterocycles. The molecule has 0 atom stereocenters. The van der Waals surface area contributed by atoms with Crippen LogP contribution in [-0.2, 0) is 5.41 Å². The SMILES string of the molecule is CC1(C)c2ccccc2Oc2c(-c3ccc(N(c4ccc(-c5cccc6c5Oc5ccccc5[Si]6(C)C)cc4)c4ccc(-c5cccc6c5Sc5ccccc5O6)cc4)cc3)cccc21. The van der Waals surface area contributed by atoms with E-state index in [-0.39, 0.29) is 5.41 Å². The highest BCUT2D eigenvalue weighted by Gasteiger charge is 2.38. The number of rotatable bonds is 6. The Morgan fingerprint density at radius 2 is 0.877 bits per heavy atom. The summed E-state index contributed by atoms with van der Waals surface area (Å²) in [6.07, 6.45) is 0. The zero-order valence-electron chi connectivity index (χ0n) is 36.6. The monoisotopic (exact) mass is 875 g/mol. The van der Waals surface area contributed by atoms with Crippen LogP contribution in [0.25, 0.3) is 33.4 Å². The lowest BCUT2D eigenvalue weighted by atomic mass is 9.75. The molecule has 0 aromatic heterocycles. The second kappa shape index (κ2) is 15.2. The van der Waals surface area contributed by atoms with Crippen LogP contribution in [0, 0.1) is 0 Å². The van der Waals surface area contributed by atoms with Gasteiger partial charge >= 0.3 is 0 Å². The van der Waals surface area contributed by atoms with E-state index in [0.717, 1.165) is 94.7 Å². The van der Waals surface area contributed by atoms with Gasteiger partial charge in [0.2, 0.25) is 0 Å². The number of para-hydroxylation sites is 5. The summed E-state index contributed by atoms with van der Waals surface area (Å²) in [5.41, 5.74) is 12.0. The zero-order valence-corrected chi connectivity index (χ0v) is 38.4. The molecule has 0 unspecified atom stereocenters. The second-order valence-electron chi connectivity index (χ2n) is 18.1. The van der Waals surface area contributed by atoms with Crippen molar-refractivity contribution in [1.29, 1.82) is 0 Å². The van der Waals surface area contributed by atoms with Gasteiger partial charge in [-0.15, -0.1) is 0 Å². The van der Waals surface area contributed by atoms with Crippen molar-refractivity contribution in [2.24, 2.45) is 0 Å². The fourth-order valence-corrected chi connectivity index (χ4v) is 13.9. The third-order valence-corrected chi connectivity index (χ3v) is 18.2. The van der Waals surface area contributed by atoms with Gasteiger partial charge in [-0.3, -0.25) is 0 Å². The topological polar surface area (TPSA) is 30.9 Å². The maximum absolute atomic E-state index is 6.73. The molecule has 0 aliphatic carbocycles. The van der Waals surface area contributed by atoms with Crippen LogP contribution in [0.2, 0.25) is 13.1 Å². The van der Waals surface area contributed by atoms with E-state index in [9.17, 15) is 0 Å². The Hall–Kier alpha value is -7.25. The Morgan fingerprint density at radius 3 is 1.57 bits per heavy atom. The number of anilines is 3. The molecule has 0 saturated carbocycles. The highest BCUT2D eigenvalue weighted by molar-refractivity contribution is 7.99. The van der Waals surface area contributed by atoms with Gasteiger partial charge in [0.15, 0.2) is 0 Å². The van der Waals surface area contributed by atoms with Crippen molar-refractivity contribution in [1.82, 2.24) is 0 Å². The molecule has 0 radical (unpaired) electrons. The average molecular weight is 876 g/mol. The lowest BCUT2D eigenvalue weighted by Gasteiger charge is -2.35. The van der Waals surface area contributed by atoms with E-state index in [2.05, 4.69) is 214 Å². The smallest absolute Gasteiger partial charge is 0.142 e. The third kappa shape index (κ3) is 6.50. The molecular weight excluding hydrogens is 831 g/mol. The van der Waals surface area contributed by atoms with Crippen molar-refractivity contribution in [2.75, 3.05) is 4.90 Å². The summed E-state index contributed by atoms with van der Waals surface area (Å²) in [5.74, 6) is 5.57.